The Balaban J connectivity index is 2.60. The Morgan fingerprint density at radius 1 is 1.35 bits per heavy atom. The van der Waals surface area contributed by atoms with Gasteiger partial charge in [-0.25, -0.2) is 22.5 Å². The summed E-state index contributed by atoms with van der Waals surface area (Å²) in [5.74, 6) is -2.70. The average molecular weight is 327 g/mol. The zero-order valence-corrected chi connectivity index (χ0v) is 11.6. The first-order valence-corrected chi connectivity index (χ1v) is 6.26. The smallest absolute Gasteiger partial charge is 0.294 e. The fourth-order valence-corrected chi connectivity index (χ4v) is 1.79. The summed E-state index contributed by atoms with van der Waals surface area (Å²) < 4.78 is 58.1. The van der Waals surface area contributed by atoms with E-state index < -0.39 is 52.3 Å². The molecule has 9 heteroatoms. The third-order valence-electron chi connectivity index (χ3n) is 2.86. The summed E-state index contributed by atoms with van der Waals surface area (Å²) in [4.78, 5) is 17.4. The fraction of sp³-hybridized carbons (Fsp3) is 0.214. The molecule has 23 heavy (non-hydrogen) atoms. The molecule has 120 valence electrons. The minimum atomic E-state index is -2.99. The Morgan fingerprint density at radius 2 is 2.04 bits per heavy atom. The molecule has 5 nitrogen and oxygen atoms in total. The van der Waals surface area contributed by atoms with E-state index in [9.17, 15) is 22.4 Å². The zero-order chi connectivity index (χ0) is 17.1. The van der Waals surface area contributed by atoms with Crippen molar-refractivity contribution in [1.82, 2.24) is 9.97 Å². The van der Waals surface area contributed by atoms with Gasteiger partial charge in [0.1, 0.15) is 17.9 Å². The van der Waals surface area contributed by atoms with Gasteiger partial charge in [-0.1, -0.05) is 0 Å². The number of halogens is 4. The fourth-order valence-electron chi connectivity index (χ4n) is 1.79. The highest BCUT2D eigenvalue weighted by atomic mass is 19.3. The molecule has 1 aromatic carbocycles. The maximum absolute atomic E-state index is 14.0. The SMILES string of the molecule is CC(F)c1nc[nH]c(=O)c1Oc1cc(C(F)F)cc(C#N)c1F. The van der Waals surface area contributed by atoms with Crippen molar-refractivity contribution in [3.8, 4) is 17.6 Å². The topological polar surface area (TPSA) is 78.8 Å². The molecule has 0 aliphatic rings. The average Bonchev–Trinajstić information content (AvgIpc) is 2.50. The van der Waals surface area contributed by atoms with Crippen molar-refractivity contribution in [2.45, 2.75) is 19.5 Å². The van der Waals surface area contributed by atoms with Gasteiger partial charge in [0.25, 0.3) is 12.0 Å². The van der Waals surface area contributed by atoms with E-state index in [0.717, 1.165) is 13.3 Å². The number of aromatic nitrogens is 2. The number of nitriles is 1. The van der Waals surface area contributed by atoms with Gasteiger partial charge in [-0.15, -0.1) is 0 Å². The molecular formula is C14H9F4N3O2. The van der Waals surface area contributed by atoms with Gasteiger partial charge in [-0.05, 0) is 19.1 Å². The van der Waals surface area contributed by atoms with Gasteiger partial charge in [0.15, 0.2) is 11.6 Å². The van der Waals surface area contributed by atoms with Gasteiger partial charge in [-0.3, -0.25) is 4.79 Å². The number of H-pyrrole nitrogens is 1. The van der Waals surface area contributed by atoms with E-state index in [0.29, 0.717) is 12.1 Å². The number of nitrogens with one attached hydrogen (secondary N) is 1. The van der Waals surface area contributed by atoms with Crippen LogP contribution < -0.4 is 10.3 Å². The standard InChI is InChI=1S/C14H9F4N3O2/c1-6(15)11-12(14(22)21-5-20-11)23-9-3-7(13(17)18)2-8(4-19)10(9)16/h2-3,5-6,13H,1H3,(H,20,21,22). The summed E-state index contributed by atoms with van der Waals surface area (Å²) in [5, 5.41) is 8.78. The van der Waals surface area contributed by atoms with Crippen LogP contribution in [-0.4, -0.2) is 9.97 Å². The van der Waals surface area contributed by atoms with Crippen molar-refractivity contribution in [2.24, 2.45) is 0 Å². The highest BCUT2D eigenvalue weighted by Crippen LogP contribution is 2.32. The van der Waals surface area contributed by atoms with E-state index in [1.807, 2.05) is 0 Å². The first-order valence-electron chi connectivity index (χ1n) is 6.26. The summed E-state index contributed by atoms with van der Waals surface area (Å²) in [6.45, 7) is 1.07. The molecule has 1 heterocycles. The lowest BCUT2D eigenvalue weighted by atomic mass is 10.1. The van der Waals surface area contributed by atoms with Gasteiger partial charge in [0.2, 0.25) is 5.75 Å². The lowest BCUT2D eigenvalue weighted by Crippen LogP contribution is -2.14. The van der Waals surface area contributed by atoms with Crippen molar-refractivity contribution < 1.29 is 22.3 Å². The van der Waals surface area contributed by atoms with Crippen molar-refractivity contribution in [3.63, 3.8) is 0 Å². The van der Waals surface area contributed by atoms with Crippen molar-refractivity contribution >= 4 is 0 Å². The number of ether oxygens (including phenoxy) is 1. The largest absolute Gasteiger partial charge is 0.446 e. The molecule has 2 aromatic rings. The van der Waals surface area contributed by atoms with E-state index in [1.165, 1.54) is 6.07 Å². The molecule has 0 saturated heterocycles. The predicted octanol–water partition coefficient (Wildman–Crippen LogP) is 3.54. The summed E-state index contributed by atoms with van der Waals surface area (Å²) >= 11 is 0. The molecule has 2 rings (SSSR count). The Kier molecular flexibility index (Phi) is 4.64. The number of rotatable bonds is 4. The minimum absolute atomic E-state index is 0.422. The quantitative estimate of drug-likeness (QED) is 0.871. The van der Waals surface area contributed by atoms with Crippen LogP contribution in [0.5, 0.6) is 11.5 Å². The van der Waals surface area contributed by atoms with Crippen molar-refractivity contribution in [2.75, 3.05) is 0 Å². The molecule has 1 unspecified atom stereocenters. The van der Waals surface area contributed by atoms with Crippen LogP contribution in [0.15, 0.2) is 23.3 Å². The van der Waals surface area contributed by atoms with Crippen molar-refractivity contribution in [1.29, 1.82) is 5.26 Å². The van der Waals surface area contributed by atoms with Crippen LogP contribution in [0.25, 0.3) is 0 Å². The Labute approximate surface area is 127 Å². The molecular weight excluding hydrogens is 318 g/mol. The molecule has 1 N–H and O–H groups in total. The third kappa shape index (κ3) is 3.31. The van der Waals surface area contributed by atoms with Gasteiger partial charge < -0.3 is 9.72 Å². The van der Waals surface area contributed by atoms with Crippen molar-refractivity contribution in [3.05, 3.63) is 51.5 Å². The first-order chi connectivity index (χ1) is 10.8. The first kappa shape index (κ1) is 16.5. The maximum Gasteiger partial charge on any atom is 0.294 e. The highest BCUT2D eigenvalue weighted by molar-refractivity contribution is 5.45. The van der Waals surface area contributed by atoms with E-state index >= 15 is 0 Å². The number of benzene rings is 1. The molecule has 0 aliphatic heterocycles. The lowest BCUT2D eigenvalue weighted by molar-refractivity contribution is 0.151. The predicted molar refractivity (Wildman–Crippen MR) is 70.5 cm³/mol. The monoisotopic (exact) mass is 327 g/mol. The second kappa shape index (κ2) is 6.48. The van der Waals surface area contributed by atoms with Gasteiger partial charge in [0, 0.05) is 5.56 Å². The van der Waals surface area contributed by atoms with Crippen LogP contribution in [0.1, 0.15) is 36.3 Å². The summed E-state index contributed by atoms with van der Waals surface area (Å²) in [5.41, 5.74) is -2.70. The van der Waals surface area contributed by atoms with Gasteiger partial charge >= 0.3 is 0 Å². The molecule has 0 saturated carbocycles. The molecule has 0 spiro atoms. The Morgan fingerprint density at radius 3 is 2.61 bits per heavy atom. The molecule has 0 radical (unpaired) electrons. The van der Waals surface area contributed by atoms with Gasteiger partial charge in [-0.2, -0.15) is 5.26 Å². The normalized spacial score (nSPS) is 12.0. The molecule has 0 aliphatic carbocycles. The van der Waals surface area contributed by atoms with Crippen LogP contribution in [0, 0.1) is 17.1 Å². The van der Waals surface area contributed by atoms with E-state index in [2.05, 4.69) is 9.97 Å². The van der Waals surface area contributed by atoms with E-state index in [4.69, 9.17) is 10.00 Å². The minimum Gasteiger partial charge on any atom is -0.446 e. The summed E-state index contributed by atoms with van der Waals surface area (Å²) in [6, 6.07) is 2.71. The summed E-state index contributed by atoms with van der Waals surface area (Å²) in [7, 11) is 0. The number of alkyl halides is 3. The number of hydrogen-bond acceptors (Lipinski definition) is 4. The number of aromatic amines is 1. The second-order valence-corrected chi connectivity index (χ2v) is 4.46. The van der Waals surface area contributed by atoms with Crippen LogP contribution in [0.2, 0.25) is 0 Å². The van der Waals surface area contributed by atoms with E-state index in [1.54, 1.807) is 0 Å². The Bertz CT molecular complexity index is 828. The molecule has 1 aromatic heterocycles. The number of hydrogen-bond donors (Lipinski definition) is 1. The lowest BCUT2D eigenvalue weighted by Gasteiger charge is -2.12. The summed E-state index contributed by atoms with van der Waals surface area (Å²) in [6.07, 6.45) is -3.78. The molecule has 0 amide bonds. The van der Waals surface area contributed by atoms with Crippen LogP contribution in [0.3, 0.4) is 0 Å². The highest BCUT2D eigenvalue weighted by Gasteiger charge is 2.22. The molecule has 1 atom stereocenters. The number of nitrogens with zero attached hydrogens (tertiary/aromatic N) is 2. The maximum atomic E-state index is 14.0. The van der Waals surface area contributed by atoms with Gasteiger partial charge in [0.05, 0.1) is 11.9 Å². The third-order valence-corrected chi connectivity index (χ3v) is 2.86. The molecule has 0 fully saturated rings. The molecule has 0 bridgehead atoms. The van der Waals surface area contributed by atoms with Crippen LogP contribution in [-0.2, 0) is 0 Å². The van der Waals surface area contributed by atoms with Crippen LogP contribution in [0.4, 0.5) is 17.6 Å². The second-order valence-electron chi connectivity index (χ2n) is 4.46. The zero-order valence-electron chi connectivity index (χ0n) is 11.6. The Hall–Kier alpha value is -2.89. The van der Waals surface area contributed by atoms with E-state index in [-0.39, 0.29) is 0 Å². The van der Waals surface area contributed by atoms with Crippen LogP contribution >= 0.6 is 0 Å².